The van der Waals surface area contributed by atoms with Crippen LogP contribution in [-0.4, -0.2) is 5.71 Å². The van der Waals surface area contributed by atoms with Gasteiger partial charge in [-0.25, -0.2) is 0 Å². The number of rotatable bonds is 4. The Morgan fingerprint density at radius 2 is 1.35 bits per heavy atom. The molecule has 0 aromatic heterocycles. The lowest BCUT2D eigenvalue weighted by Crippen LogP contribution is -1.99. The van der Waals surface area contributed by atoms with Gasteiger partial charge in [-0.05, 0) is 70.5 Å². The van der Waals surface area contributed by atoms with Crippen molar-refractivity contribution < 1.29 is 0 Å². The molecule has 0 spiro atoms. The third kappa shape index (κ3) is 4.20. The summed E-state index contributed by atoms with van der Waals surface area (Å²) in [5, 5.41) is 4.44. The van der Waals surface area contributed by atoms with Crippen LogP contribution >= 0.6 is 22.6 Å². The van der Waals surface area contributed by atoms with Crippen molar-refractivity contribution in [3.8, 4) is 11.1 Å². The number of hydrogen-bond donors (Lipinski definition) is 1. The summed E-state index contributed by atoms with van der Waals surface area (Å²) < 4.78 is 1.25. The van der Waals surface area contributed by atoms with E-state index in [0.717, 1.165) is 17.0 Å². The number of para-hydroxylation sites is 1. The Morgan fingerprint density at radius 3 is 1.96 bits per heavy atom. The zero-order chi connectivity index (χ0) is 16.1. The fourth-order valence-electron chi connectivity index (χ4n) is 2.27. The van der Waals surface area contributed by atoms with Gasteiger partial charge in [0.1, 0.15) is 0 Å². The zero-order valence-electron chi connectivity index (χ0n) is 12.8. The number of anilines is 1. The van der Waals surface area contributed by atoms with Gasteiger partial charge in [0.05, 0.1) is 11.4 Å². The average Bonchev–Trinajstić information content (AvgIpc) is 2.61. The van der Waals surface area contributed by atoms with Crippen molar-refractivity contribution in [2.75, 3.05) is 5.43 Å². The van der Waals surface area contributed by atoms with Crippen LogP contribution in [0.3, 0.4) is 0 Å². The summed E-state index contributed by atoms with van der Waals surface area (Å²) in [5.41, 5.74) is 8.59. The van der Waals surface area contributed by atoms with E-state index >= 15 is 0 Å². The van der Waals surface area contributed by atoms with Crippen molar-refractivity contribution >= 4 is 34.0 Å². The van der Waals surface area contributed by atoms with Gasteiger partial charge in [0.15, 0.2) is 0 Å². The van der Waals surface area contributed by atoms with Crippen LogP contribution in [0, 0.1) is 3.57 Å². The molecule has 3 aromatic carbocycles. The second-order valence-electron chi connectivity index (χ2n) is 5.26. The molecule has 0 saturated heterocycles. The van der Waals surface area contributed by atoms with E-state index in [4.69, 9.17) is 0 Å². The molecule has 0 aliphatic rings. The normalized spacial score (nSPS) is 11.3. The molecule has 3 aromatic rings. The van der Waals surface area contributed by atoms with Crippen molar-refractivity contribution in [1.82, 2.24) is 0 Å². The maximum absolute atomic E-state index is 4.44. The van der Waals surface area contributed by atoms with E-state index in [0.29, 0.717) is 0 Å². The summed E-state index contributed by atoms with van der Waals surface area (Å²) in [6.45, 7) is 2.01. The molecule has 0 fully saturated rings. The first-order chi connectivity index (χ1) is 11.2. The summed E-state index contributed by atoms with van der Waals surface area (Å²) in [6.07, 6.45) is 0. The predicted molar refractivity (Wildman–Crippen MR) is 107 cm³/mol. The SMILES string of the molecule is CC(=NNc1ccccc1)c1ccc(-c2ccc(I)cc2)cc1. The quantitative estimate of drug-likeness (QED) is 0.327. The number of benzene rings is 3. The molecule has 0 unspecified atom stereocenters. The first-order valence-corrected chi connectivity index (χ1v) is 8.52. The second-order valence-corrected chi connectivity index (χ2v) is 6.50. The zero-order valence-corrected chi connectivity index (χ0v) is 15.0. The van der Waals surface area contributed by atoms with Crippen LogP contribution in [0.25, 0.3) is 11.1 Å². The number of hydrogen-bond acceptors (Lipinski definition) is 2. The van der Waals surface area contributed by atoms with Gasteiger partial charge in [-0.3, -0.25) is 5.43 Å². The molecule has 0 atom stereocenters. The van der Waals surface area contributed by atoms with E-state index in [-0.39, 0.29) is 0 Å². The molecule has 3 heteroatoms. The highest BCUT2D eigenvalue weighted by Gasteiger charge is 2.01. The smallest absolute Gasteiger partial charge is 0.0648 e. The number of nitrogens with one attached hydrogen (secondary N) is 1. The minimum absolute atomic E-state index is 0.961. The third-order valence-corrected chi connectivity index (χ3v) is 4.33. The van der Waals surface area contributed by atoms with Crippen LogP contribution in [0.2, 0.25) is 0 Å². The van der Waals surface area contributed by atoms with E-state index in [1.54, 1.807) is 0 Å². The molecule has 0 aliphatic heterocycles. The van der Waals surface area contributed by atoms with E-state index < -0.39 is 0 Å². The van der Waals surface area contributed by atoms with Crippen LogP contribution < -0.4 is 5.43 Å². The molecule has 0 amide bonds. The fourth-order valence-corrected chi connectivity index (χ4v) is 2.63. The van der Waals surface area contributed by atoms with Crippen LogP contribution in [-0.2, 0) is 0 Å². The minimum Gasteiger partial charge on any atom is -0.278 e. The van der Waals surface area contributed by atoms with Crippen molar-refractivity contribution in [3.63, 3.8) is 0 Å². The van der Waals surface area contributed by atoms with E-state index in [1.807, 2.05) is 37.3 Å². The molecule has 0 saturated carbocycles. The summed E-state index contributed by atoms with van der Waals surface area (Å²) in [4.78, 5) is 0. The van der Waals surface area contributed by atoms with Gasteiger partial charge < -0.3 is 0 Å². The van der Waals surface area contributed by atoms with Gasteiger partial charge in [-0.15, -0.1) is 0 Å². The lowest BCUT2D eigenvalue weighted by Gasteiger charge is -2.06. The molecule has 1 N–H and O–H groups in total. The first-order valence-electron chi connectivity index (χ1n) is 7.44. The topological polar surface area (TPSA) is 24.4 Å². The van der Waals surface area contributed by atoms with Gasteiger partial charge in [-0.1, -0.05) is 54.6 Å². The highest BCUT2D eigenvalue weighted by Crippen LogP contribution is 2.21. The molecular formula is C20H17IN2. The Morgan fingerprint density at radius 1 is 0.783 bits per heavy atom. The van der Waals surface area contributed by atoms with Crippen LogP contribution in [0.5, 0.6) is 0 Å². The first kappa shape index (κ1) is 15.7. The number of nitrogens with zero attached hydrogens (tertiary/aromatic N) is 1. The van der Waals surface area contributed by atoms with Crippen LogP contribution in [0.4, 0.5) is 5.69 Å². The van der Waals surface area contributed by atoms with E-state index in [2.05, 4.69) is 81.6 Å². The summed E-state index contributed by atoms with van der Waals surface area (Å²) >= 11 is 2.32. The fraction of sp³-hybridized carbons (Fsp3) is 0.0500. The second kappa shape index (κ2) is 7.42. The van der Waals surface area contributed by atoms with E-state index in [1.165, 1.54) is 14.7 Å². The molecule has 2 nitrogen and oxygen atoms in total. The summed E-state index contributed by atoms with van der Waals surface area (Å²) in [6, 6.07) is 27.0. The standard InChI is InChI=1S/C20H17IN2/c1-15(22-23-20-5-3-2-4-6-20)16-7-9-17(10-8-16)18-11-13-19(21)14-12-18/h2-14,23H,1H3. The minimum atomic E-state index is 0.961. The Labute approximate surface area is 150 Å². The van der Waals surface area contributed by atoms with Crippen LogP contribution in [0.15, 0.2) is 84.0 Å². The molecule has 3 rings (SSSR count). The van der Waals surface area contributed by atoms with Gasteiger partial charge in [0.25, 0.3) is 0 Å². The molecule has 0 aliphatic carbocycles. The molecule has 0 heterocycles. The predicted octanol–water partition coefficient (Wildman–Crippen LogP) is 5.79. The highest BCUT2D eigenvalue weighted by molar-refractivity contribution is 14.1. The Bertz CT molecular complexity index is 791. The van der Waals surface area contributed by atoms with Crippen molar-refractivity contribution in [2.45, 2.75) is 6.92 Å². The van der Waals surface area contributed by atoms with Gasteiger partial charge in [0, 0.05) is 3.57 Å². The van der Waals surface area contributed by atoms with Gasteiger partial charge in [0.2, 0.25) is 0 Å². The maximum atomic E-state index is 4.44. The molecule has 0 bridgehead atoms. The monoisotopic (exact) mass is 412 g/mol. The Kier molecular flexibility index (Phi) is 5.08. The van der Waals surface area contributed by atoms with Crippen molar-refractivity contribution in [1.29, 1.82) is 0 Å². The van der Waals surface area contributed by atoms with E-state index in [9.17, 15) is 0 Å². The Hall–Kier alpha value is -2.14. The lowest BCUT2D eigenvalue weighted by atomic mass is 10.0. The molecule has 114 valence electrons. The number of hydrazone groups is 1. The summed E-state index contributed by atoms with van der Waals surface area (Å²) in [7, 11) is 0. The average molecular weight is 412 g/mol. The van der Waals surface area contributed by atoms with Crippen molar-refractivity contribution in [3.05, 3.63) is 88.0 Å². The van der Waals surface area contributed by atoms with Crippen molar-refractivity contribution in [2.24, 2.45) is 5.10 Å². The molecule has 23 heavy (non-hydrogen) atoms. The van der Waals surface area contributed by atoms with Gasteiger partial charge in [-0.2, -0.15) is 5.10 Å². The number of halogens is 1. The highest BCUT2D eigenvalue weighted by atomic mass is 127. The summed E-state index contributed by atoms with van der Waals surface area (Å²) in [5.74, 6) is 0. The Balaban J connectivity index is 1.75. The largest absolute Gasteiger partial charge is 0.278 e. The molecule has 0 radical (unpaired) electrons. The maximum Gasteiger partial charge on any atom is 0.0648 e. The lowest BCUT2D eigenvalue weighted by molar-refractivity contribution is 1.32. The van der Waals surface area contributed by atoms with Crippen LogP contribution in [0.1, 0.15) is 12.5 Å². The third-order valence-electron chi connectivity index (χ3n) is 3.61. The molecular weight excluding hydrogens is 395 g/mol. The van der Waals surface area contributed by atoms with Gasteiger partial charge >= 0.3 is 0 Å².